The van der Waals surface area contributed by atoms with Crippen molar-refractivity contribution in [1.82, 2.24) is 5.32 Å². The second-order valence-corrected chi connectivity index (χ2v) is 25.1. The summed E-state index contributed by atoms with van der Waals surface area (Å²) in [5.74, 6) is -0.543. The molecule has 81 heavy (non-hydrogen) atoms. The Morgan fingerprint density at radius 2 is 0.753 bits per heavy atom. The third-order valence-corrected chi connectivity index (χ3v) is 15.5. The van der Waals surface area contributed by atoms with Crippen LogP contribution in [0.3, 0.4) is 0 Å². The van der Waals surface area contributed by atoms with Crippen molar-refractivity contribution in [2.24, 2.45) is 0 Å². The highest BCUT2D eigenvalue weighted by atomic mass is 31.2. The number of nitrogens with one attached hydrogen (secondary N) is 1. The fourth-order valence-electron chi connectivity index (χ4n) is 9.28. The standard InChI is InChI=1S/C71H127N2O7P/c1-7-10-13-16-19-22-25-27-29-31-33-34-35-36-37-38-40-42-44-46-49-52-55-58-61-64-71(75)80-69(62-59-56-53-50-47-24-21-18-15-12-9-3)68(67-79-81(76,77)78-66-65-73(4,5)6)72-70(74)63-60-57-54-51-48-45-43-41-39-32-30-28-26-23-20-17-14-11-8-2/h19-20,22-23,27-30,33-34,39,41,45,48,59,62,68-69H,7-18,21,24-26,31-32,35-38,40,42-44,46-47,49-58,60-61,63-67H2,1-6H3,(H-,72,74,76,77)/p+1/b22-19-,23-20-,29-27-,30-28-,34-33-,41-39-,48-45-,62-59-. The molecule has 468 valence electrons. The number of esters is 1. The molecule has 9 nitrogen and oxygen atoms in total. The van der Waals surface area contributed by atoms with E-state index in [0.29, 0.717) is 23.9 Å². The number of nitrogens with zero attached hydrogens (tertiary/aromatic N) is 1. The van der Waals surface area contributed by atoms with Crippen molar-refractivity contribution in [3.05, 3.63) is 97.2 Å². The third kappa shape index (κ3) is 61.3. The van der Waals surface area contributed by atoms with Gasteiger partial charge in [0.2, 0.25) is 5.91 Å². The summed E-state index contributed by atoms with van der Waals surface area (Å²) in [7, 11) is 1.47. The molecule has 0 rings (SSSR count). The number of carbonyl (C=O) groups excluding carboxylic acids is 2. The number of hydrogen-bond acceptors (Lipinski definition) is 6. The third-order valence-electron chi connectivity index (χ3n) is 14.5. The van der Waals surface area contributed by atoms with E-state index in [1.54, 1.807) is 0 Å². The molecule has 0 bridgehead atoms. The molecule has 10 heteroatoms. The van der Waals surface area contributed by atoms with E-state index in [-0.39, 0.29) is 31.5 Å². The van der Waals surface area contributed by atoms with Crippen LogP contribution in [-0.4, -0.2) is 74.3 Å². The number of phosphoric ester groups is 1. The number of quaternary nitrogens is 1. The molecule has 0 heterocycles. The lowest BCUT2D eigenvalue weighted by molar-refractivity contribution is -0.870. The molecule has 0 spiro atoms. The lowest BCUT2D eigenvalue weighted by Crippen LogP contribution is -2.47. The monoisotopic (exact) mass is 1150 g/mol. The maximum absolute atomic E-state index is 13.6. The van der Waals surface area contributed by atoms with Gasteiger partial charge in [-0.2, -0.15) is 0 Å². The summed E-state index contributed by atoms with van der Waals surface area (Å²) >= 11 is 0. The van der Waals surface area contributed by atoms with E-state index in [1.165, 1.54) is 161 Å². The molecule has 0 aromatic carbocycles. The van der Waals surface area contributed by atoms with E-state index < -0.39 is 20.0 Å². The van der Waals surface area contributed by atoms with Crippen LogP contribution >= 0.6 is 7.82 Å². The van der Waals surface area contributed by atoms with Crippen LogP contribution in [0, 0.1) is 0 Å². The summed E-state index contributed by atoms with van der Waals surface area (Å²) in [5, 5.41) is 3.04. The largest absolute Gasteiger partial charge is 0.472 e. The van der Waals surface area contributed by atoms with E-state index in [4.69, 9.17) is 13.8 Å². The molecule has 3 unspecified atom stereocenters. The van der Waals surface area contributed by atoms with E-state index in [0.717, 1.165) is 89.9 Å². The maximum atomic E-state index is 13.6. The highest BCUT2D eigenvalue weighted by molar-refractivity contribution is 7.47. The fraction of sp³-hybridized carbons (Fsp3) is 0.746. The van der Waals surface area contributed by atoms with Crippen LogP contribution < -0.4 is 5.32 Å². The summed E-state index contributed by atoms with van der Waals surface area (Å²) in [5.41, 5.74) is 0. The summed E-state index contributed by atoms with van der Waals surface area (Å²) in [4.78, 5) is 37.8. The molecule has 0 aliphatic rings. The van der Waals surface area contributed by atoms with Crippen LogP contribution in [0.1, 0.15) is 290 Å². The summed E-state index contributed by atoms with van der Waals surface area (Å²) < 4.78 is 30.7. The molecular weight excluding hydrogens is 1020 g/mol. The predicted octanol–water partition coefficient (Wildman–Crippen LogP) is 21.1. The number of ether oxygens (including phenoxy) is 1. The zero-order valence-electron chi connectivity index (χ0n) is 53.5. The van der Waals surface area contributed by atoms with Crippen LogP contribution in [-0.2, 0) is 27.9 Å². The number of carbonyl (C=O) groups is 2. The zero-order chi connectivity index (χ0) is 59.3. The molecular formula is C71H128N2O7P+. The van der Waals surface area contributed by atoms with Crippen molar-refractivity contribution in [2.75, 3.05) is 40.9 Å². The second-order valence-electron chi connectivity index (χ2n) is 23.6. The number of phosphoric acid groups is 1. The molecule has 0 fully saturated rings. The van der Waals surface area contributed by atoms with Gasteiger partial charge in [0.15, 0.2) is 0 Å². The topological polar surface area (TPSA) is 111 Å². The van der Waals surface area contributed by atoms with Gasteiger partial charge in [-0.25, -0.2) is 4.57 Å². The first kappa shape index (κ1) is 77.9. The van der Waals surface area contributed by atoms with Gasteiger partial charge in [-0.3, -0.25) is 18.6 Å². The minimum absolute atomic E-state index is 0.0297. The molecule has 0 saturated heterocycles. The fourth-order valence-corrected chi connectivity index (χ4v) is 10.0. The Kier molecular flexibility index (Phi) is 57.8. The summed E-state index contributed by atoms with van der Waals surface area (Å²) in [6, 6.07) is -0.871. The second kappa shape index (κ2) is 60.1. The molecule has 0 radical (unpaired) electrons. The Labute approximate surface area is 500 Å². The van der Waals surface area contributed by atoms with Crippen molar-refractivity contribution in [3.63, 3.8) is 0 Å². The number of likely N-dealkylation sites (N-methyl/N-ethyl adjacent to an activating group) is 1. The van der Waals surface area contributed by atoms with Crippen molar-refractivity contribution in [1.29, 1.82) is 0 Å². The van der Waals surface area contributed by atoms with Crippen LogP contribution in [0.25, 0.3) is 0 Å². The number of amides is 1. The van der Waals surface area contributed by atoms with Crippen molar-refractivity contribution in [2.45, 2.75) is 303 Å². The zero-order valence-corrected chi connectivity index (χ0v) is 54.4. The Balaban J connectivity index is 5.14. The summed E-state index contributed by atoms with van der Waals surface area (Å²) in [6.07, 6.45) is 81.3. The van der Waals surface area contributed by atoms with Gasteiger partial charge in [0.1, 0.15) is 19.3 Å². The van der Waals surface area contributed by atoms with Crippen LogP contribution in [0.4, 0.5) is 0 Å². The van der Waals surface area contributed by atoms with Gasteiger partial charge in [0.05, 0.1) is 33.8 Å². The lowest BCUT2D eigenvalue weighted by Gasteiger charge is -2.27. The Bertz CT molecular complexity index is 1710. The first-order chi connectivity index (χ1) is 39.4. The maximum Gasteiger partial charge on any atom is 0.472 e. The van der Waals surface area contributed by atoms with Crippen molar-refractivity contribution in [3.8, 4) is 0 Å². The van der Waals surface area contributed by atoms with Gasteiger partial charge in [0.25, 0.3) is 0 Å². The van der Waals surface area contributed by atoms with E-state index in [2.05, 4.69) is 111 Å². The van der Waals surface area contributed by atoms with Gasteiger partial charge >= 0.3 is 13.8 Å². The van der Waals surface area contributed by atoms with Gasteiger partial charge in [-0.15, -0.1) is 0 Å². The number of hydrogen-bond donors (Lipinski definition) is 2. The summed E-state index contributed by atoms with van der Waals surface area (Å²) in [6.45, 7) is 6.93. The molecule has 1 amide bonds. The van der Waals surface area contributed by atoms with Crippen LogP contribution in [0.5, 0.6) is 0 Å². The lowest BCUT2D eigenvalue weighted by atomic mass is 10.0. The SMILES string of the molecule is CCCCC/C=C\C/C=C\C/C=C\C/C=C\CCCCCC(=O)NC(COP(=O)(O)OCC[N+](C)(C)C)C(/C=C\CCCCCCCCCCC)OC(=O)CCCCCCCCCCCCCC/C=C\C/C=C\C/C=C\CCCCC. The molecule has 0 saturated carbocycles. The number of unbranched alkanes of at least 4 members (excludes halogenated alkanes) is 30. The highest BCUT2D eigenvalue weighted by Crippen LogP contribution is 2.43. The molecule has 0 aliphatic heterocycles. The number of rotatable bonds is 60. The molecule has 0 aromatic rings. The van der Waals surface area contributed by atoms with Gasteiger partial charge in [-0.05, 0) is 115 Å². The minimum atomic E-state index is -4.46. The molecule has 0 aliphatic carbocycles. The molecule has 3 atom stereocenters. The van der Waals surface area contributed by atoms with E-state index >= 15 is 0 Å². The molecule has 2 N–H and O–H groups in total. The van der Waals surface area contributed by atoms with Crippen LogP contribution in [0.2, 0.25) is 0 Å². The Hall–Kier alpha value is -3.07. The van der Waals surface area contributed by atoms with Gasteiger partial charge < -0.3 is 19.4 Å². The van der Waals surface area contributed by atoms with Crippen molar-refractivity contribution < 1.29 is 37.3 Å². The van der Waals surface area contributed by atoms with E-state index in [9.17, 15) is 19.0 Å². The Morgan fingerprint density at radius 1 is 0.432 bits per heavy atom. The first-order valence-corrected chi connectivity index (χ1v) is 35.1. The van der Waals surface area contributed by atoms with Crippen LogP contribution in [0.15, 0.2) is 97.2 Å². The predicted molar refractivity (Wildman–Crippen MR) is 350 cm³/mol. The quantitative estimate of drug-likeness (QED) is 0.0205. The van der Waals surface area contributed by atoms with E-state index in [1.807, 2.05) is 33.3 Å². The molecule has 0 aromatic heterocycles. The average Bonchev–Trinajstić information content (AvgIpc) is 3.43. The van der Waals surface area contributed by atoms with Gasteiger partial charge in [0, 0.05) is 12.8 Å². The Morgan fingerprint density at radius 3 is 1.16 bits per heavy atom. The highest BCUT2D eigenvalue weighted by Gasteiger charge is 2.30. The normalized spacial score (nSPS) is 14.2. The smallest absolute Gasteiger partial charge is 0.456 e. The average molecular weight is 1150 g/mol. The minimum Gasteiger partial charge on any atom is -0.456 e. The first-order valence-electron chi connectivity index (χ1n) is 33.6. The van der Waals surface area contributed by atoms with Gasteiger partial charge in [-0.1, -0.05) is 260 Å². The van der Waals surface area contributed by atoms with Crippen molar-refractivity contribution >= 4 is 19.7 Å². The number of allylic oxidation sites excluding steroid dienone is 15.